The van der Waals surface area contributed by atoms with Crippen LogP contribution in [0.1, 0.15) is 62.2 Å². The highest BCUT2D eigenvalue weighted by atomic mass is 16.6. The third-order valence-electron chi connectivity index (χ3n) is 6.31. The molecule has 2 atom stereocenters. The standard InChI is InChI=1S/C36H32O11/c1-21(37)43-31-15-26(16-32(19-31)44-22(2)38)6-5-25-7-13-30(14-8-25)47-36(35(42)27-9-11-29(41)12-10-27)28-17-33(45-23(3)39)20-34(18-28)46-24(4)40/h5-20,35-36,41-42H,1-4H3/b6-5+. The number of phenolic OH excluding ortho intramolecular Hbond substituents is 1. The highest BCUT2D eigenvalue weighted by molar-refractivity contribution is 5.75. The molecule has 0 aliphatic carbocycles. The average Bonchev–Trinajstić information content (AvgIpc) is 2.98. The van der Waals surface area contributed by atoms with Gasteiger partial charge in [0.15, 0.2) is 6.10 Å². The number of phenols is 1. The van der Waals surface area contributed by atoms with Crippen LogP contribution in [0.25, 0.3) is 12.2 Å². The number of aromatic hydroxyl groups is 1. The molecule has 2 N–H and O–H groups in total. The minimum absolute atomic E-state index is 0.0109. The zero-order valence-corrected chi connectivity index (χ0v) is 26.0. The molecule has 2 unspecified atom stereocenters. The fourth-order valence-electron chi connectivity index (χ4n) is 4.51. The third-order valence-corrected chi connectivity index (χ3v) is 6.31. The topological polar surface area (TPSA) is 155 Å². The van der Waals surface area contributed by atoms with Crippen molar-refractivity contribution in [3.63, 3.8) is 0 Å². The maximum Gasteiger partial charge on any atom is 0.308 e. The Bertz CT molecular complexity index is 1720. The highest BCUT2D eigenvalue weighted by Crippen LogP contribution is 2.38. The molecule has 0 radical (unpaired) electrons. The van der Waals surface area contributed by atoms with E-state index >= 15 is 0 Å². The summed E-state index contributed by atoms with van der Waals surface area (Å²) in [4.78, 5) is 46.4. The Morgan fingerprint density at radius 2 is 0.957 bits per heavy atom. The van der Waals surface area contributed by atoms with Gasteiger partial charge < -0.3 is 33.9 Å². The molecule has 0 heterocycles. The molecule has 11 heteroatoms. The number of ether oxygens (including phenoxy) is 5. The molecule has 0 amide bonds. The van der Waals surface area contributed by atoms with Gasteiger partial charge in [0.2, 0.25) is 0 Å². The number of carbonyl (C=O) groups excluding carboxylic acids is 4. The summed E-state index contributed by atoms with van der Waals surface area (Å²) in [7, 11) is 0. The number of benzene rings is 4. The largest absolute Gasteiger partial charge is 0.508 e. The summed E-state index contributed by atoms with van der Waals surface area (Å²) in [5.74, 6) is -1.29. The molecule has 4 aromatic carbocycles. The lowest BCUT2D eigenvalue weighted by Gasteiger charge is -2.26. The number of hydrogen-bond acceptors (Lipinski definition) is 11. The smallest absolute Gasteiger partial charge is 0.308 e. The van der Waals surface area contributed by atoms with Crippen LogP contribution < -0.4 is 23.7 Å². The van der Waals surface area contributed by atoms with E-state index in [-0.39, 0.29) is 28.7 Å². The number of hydrogen-bond donors (Lipinski definition) is 2. The molecule has 0 aromatic heterocycles. The molecule has 11 nitrogen and oxygen atoms in total. The SMILES string of the molecule is CC(=O)Oc1cc(/C=C/c2ccc(OC(c3cc(OC(C)=O)cc(OC(C)=O)c3)C(O)c3ccc(O)cc3)cc2)cc(OC(C)=O)c1. The van der Waals surface area contributed by atoms with Crippen molar-refractivity contribution in [3.05, 3.63) is 107 Å². The first-order valence-electron chi connectivity index (χ1n) is 14.3. The molecular formula is C36H32O11. The van der Waals surface area contributed by atoms with Crippen molar-refractivity contribution in [1.82, 2.24) is 0 Å². The molecule has 4 rings (SSSR count). The summed E-state index contributed by atoms with van der Waals surface area (Å²) in [6.07, 6.45) is 1.16. The van der Waals surface area contributed by atoms with Gasteiger partial charge in [-0.05, 0) is 65.2 Å². The van der Waals surface area contributed by atoms with Gasteiger partial charge in [-0.2, -0.15) is 0 Å². The maximum absolute atomic E-state index is 11.7. The van der Waals surface area contributed by atoms with E-state index in [9.17, 15) is 29.4 Å². The van der Waals surface area contributed by atoms with Crippen LogP contribution in [-0.2, 0) is 19.2 Å². The van der Waals surface area contributed by atoms with Crippen molar-refractivity contribution in [3.8, 4) is 34.5 Å². The molecule has 0 spiro atoms. The summed E-state index contributed by atoms with van der Waals surface area (Å²) in [6, 6.07) is 21.8. The molecular weight excluding hydrogens is 608 g/mol. The molecule has 0 aliphatic heterocycles. The van der Waals surface area contributed by atoms with E-state index in [0.717, 1.165) is 5.56 Å². The maximum atomic E-state index is 11.7. The summed E-state index contributed by atoms with van der Waals surface area (Å²) in [6.45, 7) is 4.98. The van der Waals surface area contributed by atoms with E-state index in [4.69, 9.17) is 23.7 Å². The lowest BCUT2D eigenvalue weighted by molar-refractivity contribution is -0.133. The van der Waals surface area contributed by atoms with Gasteiger partial charge in [0, 0.05) is 45.4 Å². The molecule has 0 fully saturated rings. The second-order valence-corrected chi connectivity index (χ2v) is 10.3. The number of esters is 4. The minimum Gasteiger partial charge on any atom is -0.508 e. The second-order valence-electron chi connectivity index (χ2n) is 10.3. The highest BCUT2D eigenvalue weighted by Gasteiger charge is 2.27. The first kappa shape index (κ1) is 33.9. The van der Waals surface area contributed by atoms with Crippen LogP contribution in [0, 0.1) is 0 Å². The van der Waals surface area contributed by atoms with Gasteiger partial charge in [0.1, 0.15) is 40.6 Å². The average molecular weight is 641 g/mol. The van der Waals surface area contributed by atoms with Crippen LogP contribution in [-0.4, -0.2) is 34.1 Å². The van der Waals surface area contributed by atoms with Crippen LogP contribution in [0.2, 0.25) is 0 Å². The minimum atomic E-state index is -1.27. The first-order valence-corrected chi connectivity index (χ1v) is 14.3. The van der Waals surface area contributed by atoms with Crippen LogP contribution in [0.4, 0.5) is 0 Å². The molecule has 4 aromatic rings. The van der Waals surface area contributed by atoms with Gasteiger partial charge in [-0.25, -0.2) is 0 Å². The fourth-order valence-corrected chi connectivity index (χ4v) is 4.51. The Morgan fingerprint density at radius 3 is 1.40 bits per heavy atom. The van der Waals surface area contributed by atoms with Crippen LogP contribution in [0.3, 0.4) is 0 Å². The van der Waals surface area contributed by atoms with Crippen LogP contribution in [0.5, 0.6) is 34.5 Å². The number of aliphatic hydroxyl groups is 1. The predicted molar refractivity (Wildman–Crippen MR) is 170 cm³/mol. The monoisotopic (exact) mass is 640 g/mol. The number of carbonyl (C=O) groups is 4. The van der Waals surface area contributed by atoms with Gasteiger partial charge >= 0.3 is 23.9 Å². The lowest BCUT2D eigenvalue weighted by atomic mass is 9.97. The predicted octanol–water partition coefficient (Wildman–Crippen LogP) is 6.12. The van der Waals surface area contributed by atoms with E-state index < -0.39 is 36.1 Å². The van der Waals surface area contributed by atoms with E-state index in [1.807, 2.05) is 0 Å². The fraction of sp³-hybridized carbons (Fsp3) is 0.167. The van der Waals surface area contributed by atoms with Gasteiger partial charge in [-0.1, -0.05) is 36.4 Å². The number of aliphatic hydroxyl groups excluding tert-OH is 1. The van der Waals surface area contributed by atoms with Gasteiger partial charge in [-0.3, -0.25) is 19.2 Å². The summed E-state index contributed by atoms with van der Waals surface area (Å²) < 4.78 is 27.1. The van der Waals surface area contributed by atoms with E-state index in [1.165, 1.54) is 76.2 Å². The Hall–Kier alpha value is -5.94. The molecule has 0 bridgehead atoms. The summed E-state index contributed by atoms with van der Waals surface area (Å²) in [5, 5.41) is 21.2. The Morgan fingerprint density at radius 1 is 0.532 bits per heavy atom. The van der Waals surface area contributed by atoms with E-state index in [2.05, 4.69) is 0 Å². The van der Waals surface area contributed by atoms with E-state index in [0.29, 0.717) is 22.4 Å². The molecule has 47 heavy (non-hydrogen) atoms. The van der Waals surface area contributed by atoms with Crippen molar-refractivity contribution < 1.29 is 53.1 Å². The Kier molecular flexibility index (Phi) is 11.1. The van der Waals surface area contributed by atoms with Crippen molar-refractivity contribution in [2.24, 2.45) is 0 Å². The third kappa shape index (κ3) is 10.3. The summed E-state index contributed by atoms with van der Waals surface area (Å²) in [5.41, 5.74) is 2.12. The normalized spacial score (nSPS) is 12.1. The van der Waals surface area contributed by atoms with Gasteiger partial charge in [0.05, 0.1) is 0 Å². The second kappa shape index (κ2) is 15.4. The van der Waals surface area contributed by atoms with E-state index in [1.54, 1.807) is 48.6 Å². The first-order chi connectivity index (χ1) is 22.3. The Balaban J connectivity index is 1.65. The van der Waals surface area contributed by atoms with Crippen LogP contribution >= 0.6 is 0 Å². The van der Waals surface area contributed by atoms with Crippen molar-refractivity contribution >= 4 is 36.0 Å². The lowest BCUT2D eigenvalue weighted by Crippen LogP contribution is -2.18. The van der Waals surface area contributed by atoms with Crippen molar-refractivity contribution in [2.45, 2.75) is 39.9 Å². The molecule has 0 saturated carbocycles. The zero-order chi connectivity index (χ0) is 34.1. The Labute approximate surface area is 270 Å². The molecule has 242 valence electrons. The van der Waals surface area contributed by atoms with Gasteiger partial charge in [0.25, 0.3) is 0 Å². The van der Waals surface area contributed by atoms with Crippen molar-refractivity contribution in [2.75, 3.05) is 0 Å². The van der Waals surface area contributed by atoms with Crippen molar-refractivity contribution in [1.29, 1.82) is 0 Å². The molecule has 0 saturated heterocycles. The zero-order valence-electron chi connectivity index (χ0n) is 26.0. The quantitative estimate of drug-likeness (QED) is 0.111. The summed E-state index contributed by atoms with van der Waals surface area (Å²) >= 11 is 0. The van der Waals surface area contributed by atoms with Crippen LogP contribution in [0.15, 0.2) is 84.9 Å². The molecule has 0 aliphatic rings. The number of rotatable bonds is 11. The van der Waals surface area contributed by atoms with Gasteiger partial charge in [-0.15, -0.1) is 0 Å².